The van der Waals surface area contributed by atoms with Gasteiger partial charge in [-0.15, -0.1) is 0 Å². The molecule has 1 rings (SSSR count). The quantitative estimate of drug-likeness (QED) is 0.817. The predicted octanol–water partition coefficient (Wildman–Crippen LogP) is 1.30. The fraction of sp³-hybridized carbons (Fsp3) is 0.636. The van der Waals surface area contributed by atoms with Crippen molar-refractivity contribution in [2.75, 3.05) is 13.7 Å². The van der Waals surface area contributed by atoms with Crippen molar-refractivity contribution in [3.8, 4) is 11.9 Å². The Labute approximate surface area is 96.0 Å². The lowest BCUT2D eigenvalue weighted by atomic mass is 10.0. The summed E-state index contributed by atoms with van der Waals surface area (Å²) >= 11 is 0. The largest absolute Gasteiger partial charge is 0.481 e. The number of ether oxygens (including phenoxy) is 2. The minimum atomic E-state index is -0.361. The summed E-state index contributed by atoms with van der Waals surface area (Å²) in [6.07, 6.45) is 0.829. The van der Waals surface area contributed by atoms with Crippen LogP contribution >= 0.6 is 0 Å². The highest BCUT2D eigenvalue weighted by atomic mass is 16.5. The van der Waals surface area contributed by atoms with E-state index < -0.39 is 0 Å². The highest BCUT2D eigenvalue weighted by molar-refractivity contribution is 5.17. The minimum Gasteiger partial charge on any atom is -0.481 e. The molecule has 1 heterocycles. The predicted molar refractivity (Wildman–Crippen MR) is 61.7 cm³/mol. The summed E-state index contributed by atoms with van der Waals surface area (Å²) in [7, 11) is 1.56. The smallest absolute Gasteiger partial charge is 0.319 e. The number of hydrogen-bond acceptors (Lipinski definition) is 5. The second kappa shape index (κ2) is 5.12. The van der Waals surface area contributed by atoms with E-state index in [4.69, 9.17) is 15.2 Å². The topological polar surface area (TPSA) is 70.3 Å². The van der Waals surface area contributed by atoms with E-state index in [1.165, 1.54) is 0 Å². The van der Waals surface area contributed by atoms with Crippen molar-refractivity contribution in [3.63, 3.8) is 0 Å². The molecule has 5 nitrogen and oxygen atoms in total. The van der Waals surface area contributed by atoms with Gasteiger partial charge in [-0.1, -0.05) is 6.92 Å². The molecule has 90 valence electrons. The maximum atomic E-state index is 5.96. The van der Waals surface area contributed by atoms with Gasteiger partial charge >= 0.3 is 6.01 Å². The monoisotopic (exact) mass is 225 g/mol. The Bertz CT molecular complexity index is 353. The Kier molecular flexibility index (Phi) is 4.06. The Morgan fingerprint density at radius 1 is 1.44 bits per heavy atom. The average Bonchev–Trinajstić information content (AvgIpc) is 2.26. The third-order valence-electron chi connectivity index (χ3n) is 2.36. The van der Waals surface area contributed by atoms with Crippen molar-refractivity contribution in [2.24, 2.45) is 5.73 Å². The molecule has 0 spiro atoms. The van der Waals surface area contributed by atoms with Crippen LogP contribution in [0.5, 0.6) is 11.9 Å². The molecular weight excluding hydrogens is 206 g/mol. The van der Waals surface area contributed by atoms with Crippen LogP contribution in [0.1, 0.15) is 26.0 Å². The minimum absolute atomic E-state index is 0.307. The number of rotatable bonds is 5. The average molecular weight is 225 g/mol. The maximum Gasteiger partial charge on any atom is 0.319 e. The molecule has 1 aromatic heterocycles. The maximum absolute atomic E-state index is 5.96. The van der Waals surface area contributed by atoms with Gasteiger partial charge in [-0.2, -0.15) is 4.98 Å². The first kappa shape index (κ1) is 12.7. The van der Waals surface area contributed by atoms with Crippen LogP contribution in [0.15, 0.2) is 6.07 Å². The van der Waals surface area contributed by atoms with Crippen molar-refractivity contribution in [1.29, 1.82) is 0 Å². The first-order valence-corrected chi connectivity index (χ1v) is 5.28. The van der Waals surface area contributed by atoms with E-state index in [-0.39, 0.29) is 5.54 Å². The zero-order valence-electron chi connectivity index (χ0n) is 10.3. The van der Waals surface area contributed by atoms with Crippen molar-refractivity contribution in [2.45, 2.75) is 32.7 Å². The van der Waals surface area contributed by atoms with Gasteiger partial charge in [-0.25, -0.2) is 4.98 Å². The fourth-order valence-electron chi connectivity index (χ4n) is 1.01. The lowest BCUT2D eigenvalue weighted by molar-refractivity contribution is 0.208. The van der Waals surface area contributed by atoms with E-state index in [1.807, 2.05) is 20.8 Å². The van der Waals surface area contributed by atoms with E-state index in [0.29, 0.717) is 18.5 Å². The molecule has 0 saturated heterocycles. The summed E-state index contributed by atoms with van der Waals surface area (Å²) in [4.78, 5) is 8.23. The summed E-state index contributed by atoms with van der Waals surface area (Å²) in [5, 5.41) is 0. The standard InChI is InChI=1S/C11H19N3O2/c1-5-11(3,12)7-16-10-13-8(2)6-9(14-10)15-4/h6H,5,7,12H2,1-4H3. The van der Waals surface area contributed by atoms with Crippen LogP contribution in [0.2, 0.25) is 0 Å². The van der Waals surface area contributed by atoms with Crippen molar-refractivity contribution in [3.05, 3.63) is 11.8 Å². The molecule has 0 bridgehead atoms. The summed E-state index contributed by atoms with van der Waals surface area (Å²) in [6, 6.07) is 2.05. The van der Waals surface area contributed by atoms with E-state index in [2.05, 4.69) is 9.97 Å². The second-order valence-corrected chi connectivity index (χ2v) is 4.13. The second-order valence-electron chi connectivity index (χ2n) is 4.13. The molecule has 0 aliphatic carbocycles. The Morgan fingerprint density at radius 3 is 2.69 bits per heavy atom. The van der Waals surface area contributed by atoms with Gasteiger partial charge in [0, 0.05) is 17.3 Å². The Hall–Kier alpha value is -1.36. The van der Waals surface area contributed by atoms with Gasteiger partial charge in [-0.05, 0) is 20.3 Å². The van der Waals surface area contributed by atoms with E-state index in [0.717, 1.165) is 12.1 Å². The van der Waals surface area contributed by atoms with Crippen LogP contribution in [-0.4, -0.2) is 29.2 Å². The van der Waals surface area contributed by atoms with Crippen LogP contribution in [0.25, 0.3) is 0 Å². The summed E-state index contributed by atoms with van der Waals surface area (Å²) in [5.74, 6) is 0.498. The molecular formula is C11H19N3O2. The van der Waals surface area contributed by atoms with E-state index in [1.54, 1.807) is 13.2 Å². The van der Waals surface area contributed by atoms with Crippen LogP contribution in [-0.2, 0) is 0 Å². The third kappa shape index (κ3) is 3.66. The number of aryl methyl sites for hydroxylation is 1. The lowest BCUT2D eigenvalue weighted by Gasteiger charge is -2.21. The van der Waals surface area contributed by atoms with Gasteiger partial charge in [0.1, 0.15) is 6.61 Å². The molecule has 5 heteroatoms. The van der Waals surface area contributed by atoms with Crippen molar-refractivity contribution in [1.82, 2.24) is 9.97 Å². The molecule has 1 aromatic rings. The molecule has 16 heavy (non-hydrogen) atoms. The SMILES string of the molecule is CCC(C)(N)COc1nc(C)cc(OC)n1. The van der Waals surface area contributed by atoms with Gasteiger partial charge in [0.15, 0.2) is 0 Å². The number of nitrogens with two attached hydrogens (primary N) is 1. The van der Waals surface area contributed by atoms with Gasteiger partial charge in [-0.3, -0.25) is 0 Å². The van der Waals surface area contributed by atoms with Crippen LogP contribution < -0.4 is 15.2 Å². The molecule has 0 radical (unpaired) electrons. The zero-order valence-corrected chi connectivity index (χ0v) is 10.3. The summed E-state index contributed by atoms with van der Waals surface area (Å²) < 4.78 is 10.5. The van der Waals surface area contributed by atoms with Crippen LogP contribution in [0.4, 0.5) is 0 Å². The number of nitrogens with zero attached hydrogens (tertiary/aromatic N) is 2. The highest BCUT2D eigenvalue weighted by Crippen LogP contribution is 2.14. The van der Waals surface area contributed by atoms with Crippen molar-refractivity contribution < 1.29 is 9.47 Å². The first-order valence-electron chi connectivity index (χ1n) is 5.28. The normalized spacial score (nSPS) is 14.3. The van der Waals surface area contributed by atoms with Gasteiger partial charge < -0.3 is 15.2 Å². The number of methoxy groups -OCH3 is 1. The molecule has 0 aromatic carbocycles. The molecule has 2 N–H and O–H groups in total. The number of aromatic nitrogens is 2. The zero-order chi connectivity index (χ0) is 12.2. The molecule has 0 aliphatic heterocycles. The molecule has 0 fully saturated rings. The highest BCUT2D eigenvalue weighted by Gasteiger charge is 2.17. The van der Waals surface area contributed by atoms with Gasteiger partial charge in [0.05, 0.1) is 7.11 Å². The Balaban J connectivity index is 2.70. The third-order valence-corrected chi connectivity index (χ3v) is 2.36. The molecule has 1 unspecified atom stereocenters. The summed E-state index contributed by atoms with van der Waals surface area (Å²) in [6.45, 7) is 6.19. The van der Waals surface area contributed by atoms with Gasteiger partial charge in [0.25, 0.3) is 0 Å². The van der Waals surface area contributed by atoms with Crippen LogP contribution in [0, 0.1) is 6.92 Å². The summed E-state index contributed by atoms with van der Waals surface area (Å²) in [5.41, 5.74) is 6.40. The molecule has 0 saturated carbocycles. The van der Waals surface area contributed by atoms with Crippen LogP contribution in [0.3, 0.4) is 0 Å². The molecule has 0 amide bonds. The molecule has 0 aliphatic rings. The van der Waals surface area contributed by atoms with Gasteiger partial charge in [0.2, 0.25) is 5.88 Å². The van der Waals surface area contributed by atoms with E-state index >= 15 is 0 Å². The lowest BCUT2D eigenvalue weighted by Crippen LogP contribution is -2.41. The number of hydrogen-bond donors (Lipinski definition) is 1. The molecule has 1 atom stereocenters. The first-order chi connectivity index (χ1) is 7.46. The Morgan fingerprint density at radius 2 is 2.12 bits per heavy atom. The van der Waals surface area contributed by atoms with Crippen molar-refractivity contribution >= 4 is 0 Å². The fourth-order valence-corrected chi connectivity index (χ4v) is 1.01. The van der Waals surface area contributed by atoms with E-state index in [9.17, 15) is 0 Å².